The third-order valence-corrected chi connectivity index (χ3v) is 4.00. The van der Waals surface area contributed by atoms with E-state index in [1.165, 1.54) is 38.8 Å². The molecule has 4 rings (SSSR count). The minimum atomic E-state index is 0.721. The molecule has 0 spiro atoms. The topological polar surface area (TPSA) is 24.5 Å². The van der Waals surface area contributed by atoms with E-state index in [1.807, 2.05) is 0 Å². The van der Waals surface area contributed by atoms with E-state index in [4.69, 9.17) is 4.74 Å². The summed E-state index contributed by atoms with van der Waals surface area (Å²) in [6.45, 7) is 4.43. The Morgan fingerprint density at radius 1 is 1.14 bits per heavy atom. The molecule has 0 aromatic rings. The lowest BCUT2D eigenvalue weighted by atomic mass is 9.90. The predicted octanol–water partition coefficient (Wildman–Crippen LogP) is 0.602. The van der Waals surface area contributed by atoms with Gasteiger partial charge < -0.3 is 10.1 Å². The first-order valence-corrected chi connectivity index (χ1v) is 6.00. The van der Waals surface area contributed by atoms with Gasteiger partial charge in [-0.1, -0.05) is 0 Å². The van der Waals surface area contributed by atoms with Crippen molar-refractivity contribution in [2.45, 2.75) is 43.8 Å². The summed E-state index contributed by atoms with van der Waals surface area (Å²) in [5, 5.41) is 3.61. The number of nitrogens with zero attached hydrogens (tertiary/aromatic N) is 1. The van der Waals surface area contributed by atoms with Crippen molar-refractivity contribution in [2.75, 3.05) is 26.3 Å². The highest BCUT2D eigenvalue weighted by Gasteiger charge is 2.37. The van der Waals surface area contributed by atoms with Crippen LogP contribution in [0.3, 0.4) is 0 Å². The van der Waals surface area contributed by atoms with Gasteiger partial charge in [0, 0.05) is 37.8 Å². The zero-order chi connectivity index (χ0) is 9.38. The van der Waals surface area contributed by atoms with Gasteiger partial charge in [0.05, 0.1) is 6.61 Å². The van der Waals surface area contributed by atoms with E-state index in [9.17, 15) is 0 Å². The summed E-state index contributed by atoms with van der Waals surface area (Å²) in [5.41, 5.74) is 0. The lowest BCUT2D eigenvalue weighted by molar-refractivity contribution is -0.0336. The van der Waals surface area contributed by atoms with Crippen molar-refractivity contribution in [1.29, 1.82) is 0 Å². The van der Waals surface area contributed by atoms with Crippen molar-refractivity contribution < 1.29 is 4.74 Å². The van der Waals surface area contributed by atoms with Crippen LogP contribution in [0.2, 0.25) is 0 Å². The molecule has 4 aliphatic rings. The van der Waals surface area contributed by atoms with Gasteiger partial charge in [-0.2, -0.15) is 0 Å². The Morgan fingerprint density at radius 3 is 2.71 bits per heavy atom. The van der Waals surface area contributed by atoms with Crippen molar-refractivity contribution in [2.24, 2.45) is 0 Å². The number of fused-ring (bicyclic) bond motifs is 3. The summed E-state index contributed by atoms with van der Waals surface area (Å²) in [6.07, 6.45) is 5.39. The molecule has 2 bridgehead atoms. The average molecular weight is 196 g/mol. The molecule has 0 aromatic heterocycles. The second kappa shape index (κ2) is 3.80. The summed E-state index contributed by atoms with van der Waals surface area (Å²) in [4.78, 5) is 2.71. The first-order valence-electron chi connectivity index (χ1n) is 6.00. The summed E-state index contributed by atoms with van der Waals surface area (Å²) in [7, 11) is 0. The second-order valence-corrected chi connectivity index (χ2v) is 4.90. The van der Waals surface area contributed by atoms with E-state index in [0.717, 1.165) is 31.3 Å². The van der Waals surface area contributed by atoms with Crippen LogP contribution in [0.25, 0.3) is 0 Å². The maximum absolute atomic E-state index is 5.58. The highest BCUT2D eigenvalue weighted by atomic mass is 16.5. The highest BCUT2D eigenvalue weighted by Crippen LogP contribution is 2.27. The molecule has 0 aliphatic carbocycles. The summed E-state index contributed by atoms with van der Waals surface area (Å²) in [5.74, 6) is 0. The Morgan fingerprint density at radius 2 is 2.14 bits per heavy atom. The molecule has 0 aromatic carbocycles. The van der Waals surface area contributed by atoms with Gasteiger partial charge in [-0.05, 0) is 25.7 Å². The standard InChI is InChI=1S/C11H20N2O/c1-2-11(8-14-5-1)13-7-9-3-4-10(13)6-12-9/h9-12H,1-8H2. The van der Waals surface area contributed by atoms with E-state index in [2.05, 4.69) is 10.2 Å². The van der Waals surface area contributed by atoms with E-state index in [0.29, 0.717) is 0 Å². The molecular formula is C11H20N2O. The Balaban J connectivity index is 1.66. The molecule has 4 saturated heterocycles. The lowest BCUT2D eigenvalue weighted by Gasteiger charge is -2.50. The van der Waals surface area contributed by atoms with E-state index in [-0.39, 0.29) is 0 Å². The van der Waals surface area contributed by atoms with Crippen LogP contribution in [-0.2, 0) is 4.74 Å². The SMILES string of the molecule is C1COCC(N2CC3CCC2CN3)C1. The van der Waals surface area contributed by atoms with Gasteiger partial charge in [-0.15, -0.1) is 0 Å². The van der Waals surface area contributed by atoms with Crippen LogP contribution in [0.5, 0.6) is 0 Å². The van der Waals surface area contributed by atoms with Gasteiger partial charge in [-0.25, -0.2) is 0 Å². The average Bonchev–Trinajstić information content (AvgIpc) is 2.32. The fourth-order valence-electron chi connectivity index (χ4n) is 3.18. The molecule has 0 saturated carbocycles. The van der Waals surface area contributed by atoms with Crippen LogP contribution in [0.4, 0.5) is 0 Å². The van der Waals surface area contributed by atoms with E-state index < -0.39 is 0 Å². The number of piperazine rings is 1. The third-order valence-electron chi connectivity index (χ3n) is 4.00. The van der Waals surface area contributed by atoms with Crippen LogP contribution in [0.1, 0.15) is 25.7 Å². The van der Waals surface area contributed by atoms with Gasteiger partial charge in [0.25, 0.3) is 0 Å². The highest BCUT2D eigenvalue weighted by molar-refractivity contribution is 4.95. The number of ether oxygens (including phenoxy) is 1. The first kappa shape index (κ1) is 9.13. The van der Waals surface area contributed by atoms with Gasteiger partial charge in [-0.3, -0.25) is 4.90 Å². The molecule has 1 N–H and O–H groups in total. The van der Waals surface area contributed by atoms with E-state index in [1.54, 1.807) is 0 Å². The van der Waals surface area contributed by atoms with Gasteiger partial charge in [0.1, 0.15) is 0 Å². The van der Waals surface area contributed by atoms with Crippen molar-refractivity contribution in [3.63, 3.8) is 0 Å². The Hall–Kier alpha value is -0.120. The second-order valence-electron chi connectivity index (χ2n) is 4.90. The zero-order valence-electron chi connectivity index (χ0n) is 8.74. The Labute approximate surface area is 85.8 Å². The number of hydrogen-bond acceptors (Lipinski definition) is 3. The fraction of sp³-hybridized carbons (Fsp3) is 1.00. The number of rotatable bonds is 1. The Bertz CT molecular complexity index is 195. The molecular weight excluding hydrogens is 176 g/mol. The molecule has 3 atom stereocenters. The largest absolute Gasteiger partial charge is 0.380 e. The molecule has 4 aliphatic heterocycles. The van der Waals surface area contributed by atoms with Crippen LogP contribution in [-0.4, -0.2) is 49.3 Å². The molecule has 4 fully saturated rings. The summed E-state index contributed by atoms with van der Waals surface area (Å²) >= 11 is 0. The van der Waals surface area contributed by atoms with Crippen LogP contribution in [0.15, 0.2) is 0 Å². The fourth-order valence-corrected chi connectivity index (χ4v) is 3.18. The normalized spacial score (nSPS) is 44.1. The monoisotopic (exact) mass is 196 g/mol. The quantitative estimate of drug-likeness (QED) is 0.665. The van der Waals surface area contributed by atoms with Gasteiger partial charge in [0.2, 0.25) is 0 Å². The molecule has 0 amide bonds. The van der Waals surface area contributed by atoms with Crippen molar-refractivity contribution >= 4 is 0 Å². The minimum Gasteiger partial charge on any atom is -0.380 e. The smallest absolute Gasteiger partial charge is 0.0621 e. The van der Waals surface area contributed by atoms with Crippen molar-refractivity contribution in [1.82, 2.24) is 10.2 Å². The van der Waals surface area contributed by atoms with Crippen LogP contribution in [0, 0.1) is 0 Å². The van der Waals surface area contributed by atoms with Crippen molar-refractivity contribution in [3.8, 4) is 0 Å². The Kier molecular flexibility index (Phi) is 2.48. The predicted molar refractivity (Wildman–Crippen MR) is 55.4 cm³/mol. The molecule has 80 valence electrons. The molecule has 0 radical (unpaired) electrons. The van der Waals surface area contributed by atoms with Gasteiger partial charge in [0.15, 0.2) is 0 Å². The van der Waals surface area contributed by atoms with E-state index >= 15 is 0 Å². The molecule has 3 heteroatoms. The van der Waals surface area contributed by atoms with Crippen LogP contribution < -0.4 is 5.32 Å². The first-order chi connectivity index (χ1) is 6.93. The molecule has 4 heterocycles. The number of hydrogen-bond donors (Lipinski definition) is 1. The summed E-state index contributed by atoms with van der Waals surface area (Å²) < 4.78 is 5.58. The maximum atomic E-state index is 5.58. The molecule has 14 heavy (non-hydrogen) atoms. The van der Waals surface area contributed by atoms with Crippen molar-refractivity contribution in [3.05, 3.63) is 0 Å². The lowest BCUT2D eigenvalue weighted by Crippen LogP contribution is -2.64. The minimum absolute atomic E-state index is 0.721. The zero-order valence-corrected chi connectivity index (χ0v) is 8.74. The summed E-state index contributed by atoms with van der Waals surface area (Å²) in [6, 6.07) is 2.28. The third kappa shape index (κ3) is 1.58. The van der Waals surface area contributed by atoms with Crippen LogP contribution >= 0.6 is 0 Å². The number of nitrogens with one attached hydrogen (secondary N) is 1. The molecule has 3 nitrogen and oxygen atoms in total. The maximum Gasteiger partial charge on any atom is 0.0621 e. The van der Waals surface area contributed by atoms with Gasteiger partial charge >= 0.3 is 0 Å². The number of piperidine rings is 2. The molecule has 3 unspecified atom stereocenters.